The first-order chi connectivity index (χ1) is 12.8. The highest BCUT2D eigenvalue weighted by molar-refractivity contribution is 7.89. The number of hydrogen-bond donors (Lipinski definition) is 0. The molecule has 2 aromatic heterocycles. The lowest BCUT2D eigenvalue weighted by molar-refractivity contribution is -0.127. The molecule has 1 amide bonds. The third-order valence-corrected chi connectivity index (χ3v) is 6.02. The molecular formula is C18H20N2O6S. The van der Waals surface area contributed by atoms with Gasteiger partial charge in [-0.15, -0.1) is 0 Å². The number of benzene rings is 1. The molecule has 0 bridgehead atoms. The topological polar surface area (TPSA) is 103 Å². The second kappa shape index (κ2) is 7.43. The van der Waals surface area contributed by atoms with Crippen LogP contribution in [-0.4, -0.2) is 23.2 Å². The predicted octanol–water partition coefficient (Wildman–Crippen LogP) is 2.63. The molecular weight excluding hydrogens is 372 g/mol. The number of rotatable bonds is 7. The summed E-state index contributed by atoms with van der Waals surface area (Å²) in [5.41, 5.74) is 0.608. The van der Waals surface area contributed by atoms with Gasteiger partial charge >= 0.3 is 5.76 Å². The second-order valence-electron chi connectivity index (χ2n) is 6.14. The number of nitrogens with zero attached hydrogens (tertiary/aromatic N) is 2. The number of carbonyl (C=O) groups excluding carboxylic acids is 1. The third kappa shape index (κ3) is 3.68. The minimum atomic E-state index is -4.15. The van der Waals surface area contributed by atoms with Gasteiger partial charge in [0.2, 0.25) is 5.91 Å². The van der Waals surface area contributed by atoms with Crippen LogP contribution in [0, 0.1) is 0 Å². The Labute approximate surface area is 156 Å². The Bertz CT molecular complexity index is 1110. The summed E-state index contributed by atoms with van der Waals surface area (Å²) in [6.07, 6.45) is 2.87. The van der Waals surface area contributed by atoms with Gasteiger partial charge < -0.3 is 8.83 Å². The monoisotopic (exact) mass is 392 g/mol. The molecule has 1 aromatic carbocycles. The molecule has 3 rings (SSSR count). The van der Waals surface area contributed by atoms with Crippen molar-refractivity contribution in [2.24, 2.45) is 7.05 Å². The minimum Gasteiger partial charge on any atom is -0.467 e. The van der Waals surface area contributed by atoms with E-state index in [4.69, 9.17) is 8.83 Å². The molecule has 0 atom stereocenters. The maximum Gasteiger partial charge on any atom is 0.419 e. The molecule has 0 fully saturated rings. The summed E-state index contributed by atoms with van der Waals surface area (Å²) in [7, 11) is -2.62. The van der Waals surface area contributed by atoms with Crippen LogP contribution in [0.3, 0.4) is 0 Å². The molecule has 0 saturated heterocycles. The first kappa shape index (κ1) is 19.0. The van der Waals surface area contributed by atoms with Crippen molar-refractivity contribution in [1.29, 1.82) is 0 Å². The summed E-state index contributed by atoms with van der Waals surface area (Å²) in [4.78, 5) is 24.1. The maximum absolute atomic E-state index is 13.1. The van der Waals surface area contributed by atoms with Gasteiger partial charge in [0.15, 0.2) is 5.58 Å². The van der Waals surface area contributed by atoms with Crippen LogP contribution in [0.15, 0.2) is 55.1 Å². The number of hydrogen-bond acceptors (Lipinski definition) is 6. The van der Waals surface area contributed by atoms with Crippen molar-refractivity contribution in [3.8, 4) is 0 Å². The van der Waals surface area contributed by atoms with E-state index in [0.29, 0.717) is 17.7 Å². The zero-order valence-electron chi connectivity index (χ0n) is 15.0. The Hall–Kier alpha value is -2.81. The van der Waals surface area contributed by atoms with Crippen LogP contribution in [0.2, 0.25) is 0 Å². The fourth-order valence-corrected chi connectivity index (χ4v) is 4.11. The van der Waals surface area contributed by atoms with Gasteiger partial charge in [0.05, 0.1) is 23.2 Å². The van der Waals surface area contributed by atoms with E-state index in [1.54, 1.807) is 12.1 Å². The van der Waals surface area contributed by atoms with E-state index in [2.05, 4.69) is 0 Å². The van der Waals surface area contributed by atoms with Crippen LogP contribution >= 0.6 is 0 Å². The summed E-state index contributed by atoms with van der Waals surface area (Å²) in [5.74, 6) is -0.746. The second-order valence-corrected chi connectivity index (χ2v) is 8.01. The average molecular weight is 392 g/mol. The maximum atomic E-state index is 13.1. The van der Waals surface area contributed by atoms with Crippen LogP contribution in [-0.2, 0) is 28.4 Å². The highest BCUT2D eigenvalue weighted by Gasteiger charge is 2.30. The van der Waals surface area contributed by atoms with E-state index in [1.807, 2.05) is 6.92 Å². The van der Waals surface area contributed by atoms with Crippen molar-refractivity contribution in [2.75, 3.05) is 0 Å². The summed E-state index contributed by atoms with van der Waals surface area (Å²) in [6.45, 7) is 1.72. The van der Waals surface area contributed by atoms with Gasteiger partial charge in [-0.25, -0.2) is 17.5 Å². The molecule has 0 spiro atoms. The Morgan fingerprint density at radius 1 is 1.26 bits per heavy atom. The normalized spacial score (nSPS) is 11.8. The average Bonchev–Trinajstić information content (AvgIpc) is 3.25. The molecule has 0 aliphatic heterocycles. The summed E-state index contributed by atoms with van der Waals surface area (Å²) in [5, 5.41) is 0. The lowest BCUT2D eigenvalue weighted by Gasteiger charge is -2.21. The number of aromatic nitrogens is 1. The number of sulfonamides is 1. The first-order valence-corrected chi connectivity index (χ1v) is 9.96. The van der Waals surface area contributed by atoms with E-state index < -0.39 is 21.7 Å². The number of amides is 1. The Morgan fingerprint density at radius 2 is 2.04 bits per heavy atom. The largest absolute Gasteiger partial charge is 0.467 e. The third-order valence-electron chi connectivity index (χ3n) is 4.25. The Kier molecular flexibility index (Phi) is 5.22. The van der Waals surface area contributed by atoms with Gasteiger partial charge in [-0.1, -0.05) is 13.3 Å². The van der Waals surface area contributed by atoms with Crippen molar-refractivity contribution in [2.45, 2.75) is 37.6 Å². The van der Waals surface area contributed by atoms with Crippen molar-refractivity contribution >= 4 is 27.0 Å². The number of carbonyl (C=O) groups is 1. The molecule has 0 aliphatic carbocycles. The van der Waals surface area contributed by atoms with Gasteiger partial charge in [0.25, 0.3) is 10.0 Å². The molecule has 27 heavy (non-hydrogen) atoms. The first-order valence-electron chi connectivity index (χ1n) is 8.52. The Balaban J connectivity index is 2.03. The van der Waals surface area contributed by atoms with Crippen molar-refractivity contribution in [3.05, 3.63) is 52.9 Å². The zero-order valence-corrected chi connectivity index (χ0v) is 15.9. The van der Waals surface area contributed by atoms with E-state index in [1.165, 1.54) is 36.1 Å². The zero-order chi connectivity index (χ0) is 19.6. The number of aryl methyl sites for hydroxylation is 1. The number of oxazole rings is 1. The molecule has 2 heterocycles. The number of unbranched alkanes of at least 4 members (excludes halogenated alkanes) is 1. The van der Waals surface area contributed by atoms with E-state index in [9.17, 15) is 18.0 Å². The number of fused-ring (bicyclic) bond motifs is 1. The summed E-state index contributed by atoms with van der Waals surface area (Å²) in [6, 6.07) is 7.33. The molecule has 0 aliphatic rings. The van der Waals surface area contributed by atoms with Crippen LogP contribution in [0.25, 0.3) is 11.1 Å². The molecule has 3 aromatic rings. The molecule has 9 heteroatoms. The molecule has 0 radical (unpaired) electrons. The molecule has 0 N–H and O–H groups in total. The molecule has 0 unspecified atom stereocenters. The fraction of sp³-hybridized carbons (Fsp3) is 0.333. The SMILES string of the molecule is CCCCC(=O)N(Cc1ccco1)S(=O)(=O)c1ccc2c(c1)oc(=O)n2C. The van der Waals surface area contributed by atoms with E-state index >= 15 is 0 Å². The van der Waals surface area contributed by atoms with Crippen LogP contribution in [0.4, 0.5) is 0 Å². The van der Waals surface area contributed by atoms with Gasteiger partial charge in [0, 0.05) is 19.5 Å². The van der Waals surface area contributed by atoms with Crippen molar-refractivity contribution in [1.82, 2.24) is 8.87 Å². The minimum absolute atomic E-state index is 0.110. The van der Waals surface area contributed by atoms with Crippen LogP contribution in [0.1, 0.15) is 31.9 Å². The standard InChI is InChI=1S/C18H20N2O6S/c1-3-4-7-17(21)20(12-13-6-5-10-25-13)27(23,24)14-8-9-15-16(11-14)26-18(22)19(15)2/h5-6,8-11H,3-4,7,12H2,1-2H3. The predicted molar refractivity (Wildman–Crippen MR) is 97.4 cm³/mol. The quantitative estimate of drug-likeness (QED) is 0.612. The van der Waals surface area contributed by atoms with Gasteiger partial charge in [-0.05, 0) is 30.7 Å². The molecule has 144 valence electrons. The summed E-state index contributed by atoms with van der Waals surface area (Å²) < 4.78 is 38.6. The van der Waals surface area contributed by atoms with Gasteiger partial charge in [0.1, 0.15) is 5.76 Å². The van der Waals surface area contributed by atoms with Crippen LogP contribution in [0.5, 0.6) is 0 Å². The van der Waals surface area contributed by atoms with E-state index in [-0.39, 0.29) is 23.4 Å². The van der Waals surface area contributed by atoms with Crippen LogP contribution < -0.4 is 5.76 Å². The highest BCUT2D eigenvalue weighted by Crippen LogP contribution is 2.24. The smallest absolute Gasteiger partial charge is 0.419 e. The lowest BCUT2D eigenvalue weighted by atomic mass is 10.2. The molecule has 0 saturated carbocycles. The van der Waals surface area contributed by atoms with Gasteiger partial charge in [-0.3, -0.25) is 9.36 Å². The number of furan rings is 1. The summed E-state index contributed by atoms with van der Waals surface area (Å²) >= 11 is 0. The Morgan fingerprint density at radius 3 is 2.70 bits per heavy atom. The van der Waals surface area contributed by atoms with Gasteiger partial charge in [-0.2, -0.15) is 0 Å². The highest BCUT2D eigenvalue weighted by atomic mass is 32.2. The van der Waals surface area contributed by atoms with Crippen molar-refractivity contribution < 1.29 is 22.0 Å². The molecule has 8 nitrogen and oxygen atoms in total. The fourth-order valence-electron chi connectivity index (χ4n) is 2.71. The van der Waals surface area contributed by atoms with E-state index in [0.717, 1.165) is 10.7 Å². The van der Waals surface area contributed by atoms with Crippen molar-refractivity contribution in [3.63, 3.8) is 0 Å². The lowest BCUT2D eigenvalue weighted by Crippen LogP contribution is -2.36.